The molecule has 170 valence electrons. The fourth-order valence-electron chi connectivity index (χ4n) is 2.82. The number of hydrogen-bond acceptors (Lipinski definition) is 6. The van der Waals surface area contributed by atoms with Crippen molar-refractivity contribution in [2.75, 3.05) is 13.7 Å². The molecule has 0 spiro atoms. The molecule has 3 aromatic rings. The molecule has 0 radical (unpaired) electrons. The van der Waals surface area contributed by atoms with Crippen LogP contribution in [0.2, 0.25) is 0 Å². The maximum atomic E-state index is 12.3. The summed E-state index contributed by atoms with van der Waals surface area (Å²) in [5.41, 5.74) is 4.02. The molecular weight excluding hydrogens is 420 g/mol. The lowest BCUT2D eigenvalue weighted by Gasteiger charge is -2.06. The van der Waals surface area contributed by atoms with Gasteiger partial charge in [0.25, 0.3) is 5.91 Å². The highest BCUT2D eigenvalue weighted by Gasteiger charge is 2.09. The zero-order chi connectivity index (χ0) is 23.5. The van der Waals surface area contributed by atoms with Crippen molar-refractivity contribution in [1.82, 2.24) is 5.43 Å². The number of carbonyl (C=O) groups is 2. The molecule has 1 amide bonds. The van der Waals surface area contributed by atoms with Crippen LogP contribution in [0.15, 0.2) is 77.9 Å². The highest BCUT2D eigenvalue weighted by Crippen LogP contribution is 2.17. The molecule has 0 saturated carbocycles. The van der Waals surface area contributed by atoms with Crippen LogP contribution < -0.4 is 19.6 Å². The van der Waals surface area contributed by atoms with Crippen LogP contribution in [0.1, 0.15) is 46.0 Å². The maximum Gasteiger partial charge on any atom is 0.343 e. The Morgan fingerprint density at radius 3 is 2.30 bits per heavy atom. The number of nitrogens with zero attached hydrogens (tertiary/aromatic N) is 1. The lowest BCUT2D eigenvalue weighted by atomic mass is 10.2. The zero-order valence-electron chi connectivity index (χ0n) is 18.6. The van der Waals surface area contributed by atoms with Crippen LogP contribution >= 0.6 is 0 Å². The molecule has 0 bridgehead atoms. The molecule has 0 aliphatic heterocycles. The van der Waals surface area contributed by atoms with E-state index in [0.29, 0.717) is 34.8 Å². The Bertz CT molecular complexity index is 1090. The second kappa shape index (κ2) is 12.0. The van der Waals surface area contributed by atoms with E-state index in [4.69, 9.17) is 14.2 Å². The van der Waals surface area contributed by atoms with Crippen molar-refractivity contribution in [2.24, 2.45) is 5.10 Å². The van der Waals surface area contributed by atoms with Crippen LogP contribution in [0.25, 0.3) is 0 Å². The van der Waals surface area contributed by atoms with Crippen LogP contribution in [-0.2, 0) is 0 Å². The Morgan fingerprint density at radius 1 is 0.909 bits per heavy atom. The van der Waals surface area contributed by atoms with E-state index in [1.807, 2.05) is 0 Å². The Labute approximate surface area is 193 Å². The molecule has 0 aliphatic carbocycles. The predicted molar refractivity (Wildman–Crippen MR) is 126 cm³/mol. The predicted octanol–water partition coefficient (Wildman–Crippen LogP) is 4.86. The van der Waals surface area contributed by atoms with Gasteiger partial charge in [-0.3, -0.25) is 4.79 Å². The topological polar surface area (TPSA) is 86.2 Å². The van der Waals surface area contributed by atoms with E-state index in [0.717, 1.165) is 18.6 Å². The molecule has 33 heavy (non-hydrogen) atoms. The van der Waals surface area contributed by atoms with Gasteiger partial charge in [0.2, 0.25) is 0 Å². The number of unbranched alkanes of at least 4 members (excludes halogenated alkanes) is 1. The molecule has 7 heteroatoms. The Morgan fingerprint density at radius 2 is 1.61 bits per heavy atom. The fraction of sp³-hybridized carbons (Fsp3) is 0.192. The SMILES string of the molecule is CCCCOc1ccc(C(=O)NN=Cc2cccc(OC(=O)c3ccc(OC)cc3)c2)cc1. The first-order valence-electron chi connectivity index (χ1n) is 10.6. The van der Waals surface area contributed by atoms with E-state index in [9.17, 15) is 9.59 Å². The number of nitrogens with one attached hydrogen (secondary N) is 1. The molecule has 1 N–H and O–H groups in total. The van der Waals surface area contributed by atoms with Gasteiger partial charge < -0.3 is 14.2 Å². The van der Waals surface area contributed by atoms with Crippen molar-refractivity contribution in [2.45, 2.75) is 19.8 Å². The van der Waals surface area contributed by atoms with Gasteiger partial charge >= 0.3 is 5.97 Å². The molecule has 0 aromatic heterocycles. The molecule has 0 unspecified atom stereocenters. The van der Waals surface area contributed by atoms with Crippen LogP contribution in [0.5, 0.6) is 17.2 Å². The summed E-state index contributed by atoms with van der Waals surface area (Å²) >= 11 is 0. The molecule has 0 aliphatic rings. The van der Waals surface area contributed by atoms with Gasteiger partial charge in [-0.2, -0.15) is 5.10 Å². The summed E-state index contributed by atoms with van der Waals surface area (Å²) in [6.07, 6.45) is 3.52. The number of esters is 1. The molecule has 0 atom stereocenters. The van der Waals surface area contributed by atoms with Gasteiger partial charge in [-0.1, -0.05) is 25.5 Å². The molecule has 0 saturated heterocycles. The zero-order valence-corrected chi connectivity index (χ0v) is 18.6. The summed E-state index contributed by atoms with van der Waals surface area (Å²) < 4.78 is 16.1. The normalized spacial score (nSPS) is 10.6. The first-order valence-corrected chi connectivity index (χ1v) is 10.6. The molecule has 0 fully saturated rings. The van der Waals surface area contributed by atoms with E-state index in [1.54, 1.807) is 79.9 Å². The van der Waals surface area contributed by atoms with Crippen LogP contribution in [0.3, 0.4) is 0 Å². The number of hydrazone groups is 1. The second-order valence-electron chi connectivity index (χ2n) is 7.12. The van der Waals surface area contributed by atoms with Gasteiger partial charge in [-0.05, 0) is 72.6 Å². The third kappa shape index (κ3) is 7.21. The smallest absolute Gasteiger partial charge is 0.343 e. The summed E-state index contributed by atoms with van der Waals surface area (Å²) in [5, 5.41) is 3.99. The largest absolute Gasteiger partial charge is 0.497 e. The summed E-state index contributed by atoms with van der Waals surface area (Å²) in [6.45, 7) is 2.75. The number of amides is 1. The fourth-order valence-corrected chi connectivity index (χ4v) is 2.82. The monoisotopic (exact) mass is 446 g/mol. The van der Waals surface area contributed by atoms with Crippen LogP contribution in [0, 0.1) is 0 Å². The van der Waals surface area contributed by atoms with Crippen molar-refractivity contribution in [3.8, 4) is 17.2 Å². The van der Waals surface area contributed by atoms with E-state index in [2.05, 4.69) is 17.5 Å². The van der Waals surface area contributed by atoms with E-state index in [-0.39, 0.29) is 5.91 Å². The lowest BCUT2D eigenvalue weighted by Crippen LogP contribution is -2.17. The quantitative estimate of drug-likeness (QED) is 0.158. The first-order chi connectivity index (χ1) is 16.1. The molecule has 3 aromatic carbocycles. The minimum absolute atomic E-state index is 0.339. The molecule has 0 heterocycles. The minimum Gasteiger partial charge on any atom is -0.497 e. The highest BCUT2D eigenvalue weighted by atomic mass is 16.5. The van der Waals surface area contributed by atoms with Gasteiger partial charge in [-0.25, -0.2) is 10.2 Å². The first kappa shape index (κ1) is 23.5. The lowest BCUT2D eigenvalue weighted by molar-refractivity contribution is 0.0734. The Balaban J connectivity index is 1.54. The van der Waals surface area contributed by atoms with Crippen molar-refractivity contribution in [3.63, 3.8) is 0 Å². The highest BCUT2D eigenvalue weighted by molar-refractivity contribution is 5.95. The second-order valence-corrected chi connectivity index (χ2v) is 7.12. The van der Waals surface area contributed by atoms with Gasteiger partial charge in [-0.15, -0.1) is 0 Å². The average Bonchev–Trinajstić information content (AvgIpc) is 2.85. The van der Waals surface area contributed by atoms with Crippen molar-refractivity contribution < 1.29 is 23.8 Å². The Kier molecular flexibility index (Phi) is 8.59. The van der Waals surface area contributed by atoms with Gasteiger partial charge in [0.15, 0.2) is 0 Å². The van der Waals surface area contributed by atoms with Crippen LogP contribution in [-0.4, -0.2) is 31.8 Å². The van der Waals surface area contributed by atoms with E-state index < -0.39 is 5.97 Å². The van der Waals surface area contributed by atoms with Gasteiger partial charge in [0.05, 0.1) is 25.5 Å². The van der Waals surface area contributed by atoms with E-state index >= 15 is 0 Å². The summed E-state index contributed by atoms with van der Waals surface area (Å²) in [6, 6.07) is 20.4. The standard InChI is InChI=1S/C26H26N2O5/c1-3-4-16-32-23-14-8-20(9-15-23)25(29)28-27-18-19-6-5-7-24(17-19)33-26(30)21-10-12-22(31-2)13-11-21/h5-15,17-18H,3-4,16H2,1-2H3,(H,28,29). The van der Waals surface area contributed by atoms with Gasteiger partial charge in [0, 0.05) is 5.56 Å². The maximum absolute atomic E-state index is 12.3. The number of carbonyl (C=O) groups excluding carboxylic acids is 2. The summed E-state index contributed by atoms with van der Waals surface area (Å²) in [4.78, 5) is 24.6. The Hall–Kier alpha value is -4.13. The molecular formula is C26H26N2O5. The number of rotatable bonds is 10. The van der Waals surface area contributed by atoms with E-state index in [1.165, 1.54) is 6.21 Å². The van der Waals surface area contributed by atoms with Gasteiger partial charge in [0.1, 0.15) is 17.2 Å². The van der Waals surface area contributed by atoms with Crippen LogP contribution in [0.4, 0.5) is 0 Å². The number of hydrogen-bond donors (Lipinski definition) is 1. The van der Waals surface area contributed by atoms with Crippen molar-refractivity contribution in [3.05, 3.63) is 89.5 Å². The number of methoxy groups -OCH3 is 1. The molecule has 3 rings (SSSR count). The third-order valence-electron chi connectivity index (χ3n) is 4.66. The van der Waals surface area contributed by atoms with Crippen molar-refractivity contribution >= 4 is 18.1 Å². The molecule has 7 nitrogen and oxygen atoms in total. The summed E-state index contributed by atoms with van der Waals surface area (Å²) in [5.74, 6) is 0.924. The average molecular weight is 447 g/mol. The number of ether oxygens (including phenoxy) is 3. The van der Waals surface area contributed by atoms with Crippen molar-refractivity contribution in [1.29, 1.82) is 0 Å². The third-order valence-corrected chi connectivity index (χ3v) is 4.66. The minimum atomic E-state index is -0.484. The summed E-state index contributed by atoms with van der Waals surface area (Å²) in [7, 11) is 1.56. The number of benzene rings is 3.